The maximum Gasteiger partial charge on any atom is 0.167 e. The zero-order valence-corrected chi connectivity index (χ0v) is 8.01. The van der Waals surface area contributed by atoms with Crippen molar-refractivity contribution in [2.24, 2.45) is 7.05 Å². The molecule has 0 aliphatic heterocycles. The molecule has 1 atom stereocenters. The number of thioether (sulfide) groups is 1. The Kier molecular flexibility index (Phi) is 3.18. The topological polar surface area (TPSA) is 41.6 Å². The van der Waals surface area contributed by atoms with Crippen molar-refractivity contribution in [3.05, 3.63) is 12.4 Å². The highest BCUT2D eigenvalue weighted by molar-refractivity contribution is 7.99. The molecule has 0 saturated carbocycles. The van der Waals surface area contributed by atoms with Gasteiger partial charge in [-0.1, -0.05) is 18.7 Å². The smallest absolute Gasteiger partial charge is 0.167 e. The lowest BCUT2D eigenvalue weighted by atomic mass is 10.4. The Balaban J connectivity index is 2.53. The van der Waals surface area contributed by atoms with E-state index in [2.05, 4.69) is 11.1 Å². The van der Waals surface area contributed by atoms with E-state index < -0.39 is 0 Å². The van der Waals surface area contributed by atoms with Crippen molar-refractivity contribution in [3.63, 3.8) is 0 Å². The van der Waals surface area contributed by atoms with Crippen LogP contribution < -0.4 is 0 Å². The summed E-state index contributed by atoms with van der Waals surface area (Å²) in [6.45, 7) is 2.03. The maximum absolute atomic E-state index is 8.44. The lowest BCUT2D eigenvalue weighted by Gasteiger charge is -2.05. The Morgan fingerprint density at radius 2 is 2.58 bits per heavy atom. The second-order valence-electron chi connectivity index (χ2n) is 2.61. The van der Waals surface area contributed by atoms with Crippen molar-refractivity contribution in [2.75, 3.05) is 0 Å². The van der Waals surface area contributed by atoms with Crippen LogP contribution in [0.25, 0.3) is 0 Å². The number of aryl methyl sites for hydroxylation is 1. The van der Waals surface area contributed by atoms with Crippen LogP contribution >= 0.6 is 11.8 Å². The molecule has 1 aromatic heterocycles. The summed E-state index contributed by atoms with van der Waals surface area (Å²) in [6, 6.07) is 2.14. The van der Waals surface area contributed by atoms with Gasteiger partial charge in [0.15, 0.2) is 5.16 Å². The monoisotopic (exact) mass is 181 g/mol. The van der Waals surface area contributed by atoms with Crippen LogP contribution in [0.5, 0.6) is 0 Å². The van der Waals surface area contributed by atoms with Crippen LogP contribution in [-0.2, 0) is 7.05 Å². The highest BCUT2D eigenvalue weighted by Gasteiger charge is 2.06. The predicted octanol–water partition coefficient (Wildman–Crippen LogP) is 1.81. The molecule has 64 valence electrons. The fraction of sp³-hybridized carbons (Fsp3) is 0.500. The molecule has 0 N–H and O–H groups in total. The molecule has 1 heterocycles. The van der Waals surface area contributed by atoms with Crippen LogP contribution in [0.4, 0.5) is 0 Å². The first-order valence-corrected chi connectivity index (χ1v) is 4.63. The molecule has 0 bridgehead atoms. The van der Waals surface area contributed by atoms with Gasteiger partial charge >= 0.3 is 0 Å². The first-order chi connectivity index (χ1) is 5.74. The van der Waals surface area contributed by atoms with Gasteiger partial charge < -0.3 is 4.57 Å². The molecule has 4 heteroatoms. The molecule has 3 nitrogen and oxygen atoms in total. The molecular formula is C8H11N3S. The summed E-state index contributed by atoms with van der Waals surface area (Å²) in [5, 5.41) is 9.73. The van der Waals surface area contributed by atoms with Crippen molar-refractivity contribution in [2.45, 2.75) is 23.8 Å². The van der Waals surface area contributed by atoms with Crippen LogP contribution in [-0.4, -0.2) is 14.8 Å². The summed E-state index contributed by atoms with van der Waals surface area (Å²) in [7, 11) is 1.95. The molecule has 0 aromatic carbocycles. The number of hydrogen-bond donors (Lipinski definition) is 0. The minimum atomic E-state index is 0.316. The van der Waals surface area contributed by atoms with Gasteiger partial charge in [-0.15, -0.1) is 0 Å². The van der Waals surface area contributed by atoms with Gasteiger partial charge in [-0.2, -0.15) is 5.26 Å². The Bertz CT molecular complexity index is 287. The number of aromatic nitrogens is 2. The van der Waals surface area contributed by atoms with Gasteiger partial charge in [-0.05, 0) is 0 Å². The standard InChI is InChI=1S/C8H11N3S/c1-7(3-4-9)12-8-10-5-6-11(8)2/h5-7H,3H2,1-2H3. The van der Waals surface area contributed by atoms with Crippen LogP contribution in [0.15, 0.2) is 17.6 Å². The third kappa shape index (κ3) is 2.28. The number of imidazole rings is 1. The zero-order valence-electron chi connectivity index (χ0n) is 7.19. The minimum absolute atomic E-state index is 0.316. The fourth-order valence-electron chi connectivity index (χ4n) is 0.816. The molecule has 0 aliphatic carbocycles. The quantitative estimate of drug-likeness (QED) is 0.668. The molecular weight excluding hydrogens is 170 g/mol. The highest BCUT2D eigenvalue weighted by atomic mass is 32.2. The van der Waals surface area contributed by atoms with Gasteiger partial charge in [0.05, 0.1) is 6.07 Å². The van der Waals surface area contributed by atoms with Gasteiger partial charge in [-0.25, -0.2) is 4.98 Å². The summed E-state index contributed by atoms with van der Waals surface area (Å²) in [6.07, 6.45) is 4.24. The molecule has 0 amide bonds. The average molecular weight is 181 g/mol. The van der Waals surface area contributed by atoms with Crippen molar-refractivity contribution < 1.29 is 0 Å². The molecule has 1 aromatic rings. The summed E-state index contributed by atoms with van der Waals surface area (Å²) in [5.41, 5.74) is 0. The van der Waals surface area contributed by atoms with Crippen LogP contribution in [0.1, 0.15) is 13.3 Å². The second-order valence-corrected chi connectivity index (χ2v) is 4.02. The van der Waals surface area contributed by atoms with E-state index in [1.165, 1.54) is 0 Å². The zero-order chi connectivity index (χ0) is 8.97. The van der Waals surface area contributed by atoms with Crippen LogP contribution in [0.3, 0.4) is 0 Å². The SMILES string of the molecule is CC(CC#N)Sc1nccn1C. The summed E-state index contributed by atoms with van der Waals surface area (Å²) in [4.78, 5) is 4.15. The first kappa shape index (κ1) is 9.14. The molecule has 0 spiro atoms. The number of nitrogens with zero attached hydrogens (tertiary/aromatic N) is 3. The van der Waals surface area contributed by atoms with E-state index in [9.17, 15) is 0 Å². The molecule has 0 aliphatic rings. The van der Waals surface area contributed by atoms with Crippen molar-refractivity contribution in [3.8, 4) is 6.07 Å². The van der Waals surface area contributed by atoms with E-state index in [0.29, 0.717) is 11.7 Å². The predicted molar refractivity (Wildman–Crippen MR) is 48.8 cm³/mol. The summed E-state index contributed by atoms with van der Waals surface area (Å²) in [5.74, 6) is 0. The van der Waals surface area contributed by atoms with E-state index in [0.717, 1.165) is 5.16 Å². The normalized spacial score (nSPS) is 12.4. The number of hydrogen-bond acceptors (Lipinski definition) is 3. The second kappa shape index (κ2) is 4.17. The Morgan fingerprint density at radius 3 is 3.08 bits per heavy atom. The first-order valence-electron chi connectivity index (χ1n) is 3.75. The average Bonchev–Trinajstić information content (AvgIpc) is 2.37. The molecule has 1 rings (SSSR count). The van der Waals surface area contributed by atoms with Crippen molar-refractivity contribution >= 4 is 11.8 Å². The van der Waals surface area contributed by atoms with E-state index >= 15 is 0 Å². The summed E-state index contributed by atoms with van der Waals surface area (Å²) < 4.78 is 1.96. The van der Waals surface area contributed by atoms with Crippen LogP contribution in [0.2, 0.25) is 0 Å². The lowest BCUT2D eigenvalue weighted by Crippen LogP contribution is -1.97. The number of rotatable bonds is 3. The molecule has 12 heavy (non-hydrogen) atoms. The van der Waals surface area contributed by atoms with Crippen LogP contribution in [0, 0.1) is 11.3 Å². The van der Waals surface area contributed by atoms with E-state index in [1.807, 2.05) is 24.7 Å². The van der Waals surface area contributed by atoms with E-state index in [-0.39, 0.29) is 0 Å². The number of nitriles is 1. The molecule has 0 radical (unpaired) electrons. The third-order valence-electron chi connectivity index (χ3n) is 1.46. The van der Waals surface area contributed by atoms with Gasteiger partial charge in [-0.3, -0.25) is 0 Å². The maximum atomic E-state index is 8.44. The van der Waals surface area contributed by atoms with Gasteiger partial charge in [0.1, 0.15) is 0 Å². The van der Waals surface area contributed by atoms with E-state index in [1.54, 1.807) is 18.0 Å². The fourth-order valence-corrected chi connectivity index (χ4v) is 1.68. The van der Waals surface area contributed by atoms with E-state index in [4.69, 9.17) is 5.26 Å². The third-order valence-corrected chi connectivity index (χ3v) is 2.64. The molecule has 0 saturated heterocycles. The molecule has 1 unspecified atom stereocenters. The van der Waals surface area contributed by atoms with Crippen molar-refractivity contribution in [1.29, 1.82) is 5.26 Å². The van der Waals surface area contributed by atoms with Gasteiger partial charge in [0.25, 0.3) is 0 Å². The Hall–Kier alpha value is -0.950. The Morgan fingerprint density at radius 1 is 1.83 bits per heavy atom. The Labute approximate surface area is 76.4 Å². The molecule has 0 fully saturated rings. The van der Waals surface area contributed by atoms with Gasteiger partial charge in [0, 0.05) is 31.1 Å². The summed E-state index contributed by atoms with van der Waals surface area (Å²) >= 11 is 1.63. The lowest BCUT2D eigenvalue weighted by molar-refractivity contribution is 0.784. The highest BCUT2D eigenvalue weighted by Crippen LogP contribution is 2.22. The van der Waals surface area contributed by atoms with Crippen molar-refractivity contribution in [1.82, 2.24) is 9.55 Å². The largest absolute Gasteiger partial charge is 0.329 e. The minimum Gasteiger partial charge on any atom is -0.329 e. The van der Waals surface area contributed by atoms with Gasteiger partial charge in [0.2, 0.25) is 0 Å².